The van der Waals surface area contributed by atoms with Crippen molar-refractivity contribution in [3.63, 3.8) is 0 Å². The lowest BCUT2D eigenvalue weighted by atomic mass is 9.55. The zero-order valence-corrected chi connectivity index (χ0v) is 14.6. The molecule has 1 saturated heterocycles. The lowest BCUT2D eigenvalue weighted by molar-refractivity contribution is -0.136. The van der Waals surface area contributed by atoms with Crippen LogP contribution in [0.3, 0.4) is 0 Å². The fourth-order valence-corrected chi connectivity index (χ4v) is 4.29. The number of azo groups is 1. The number of hydrogen-bond acceptors (Lipinski definition) is 5. The number of nitrogens with zero attached hydrogens (tertiary/aromatic N) is 2. The lowest BCUT2D eigenvalue weighted by Gasteiger charge is -2.48. The summed E-state index contributed by atoms with van der Waals surface area (Å²) in [6.07, 6.45) is 0. The van der Waals surface area contributed by atoms with Crippen molar-refractivity contribution in [2.24, 2.45) is 27.0 Å². The van der Waals surface area contributed by atoms with Gasteiger partial charge in [0.05, 0.1) is 26.2 Å². The van der Waals surface area contributed by atoms with Gasteiger partial charge in [0, 0.05) is 5.57 Å². The molecule has 0 aromatic carbocycles. The molecule has 5 nitrogen and oxygen atoms in total. The molecule has 0 aromatic heterocycles. The molecule has 22 heavy (non-hydrogen) atoms. The second-order valence-electron chi connectivity index (χ2n) is 8.63. The minimum Gasteiger partial charge on any atom is -0.501 e. The van der Waals surface area contributed by atoms with Crippen molar-refractivity contribution in [3.8, 4) is 0 Å². The van der Waals surface area contributed by atoms with Gasteiger partial charge in [-0.1, -0.05) is 41.5 Å². The molecule has 0 amide bonds. The van der Waals surface area contributed by atoms with E-state index in [-0.39, 0.29) is 22.5 Å². The molecule has 3 atom stereocenters. The lowest BCUT2D eigenvalue weighted by Crippen LogP contribution is -2.62. The molecule has 0 aromatic rings. The van der Waals surface area contributed by atoms with Crippen molar-refractivity contribution in [2.45, 2.75) is 52.7 Å². The second kappa shape index (κ2) is 4.19. The number of ether oxygens (including phenoxy) is 2. The number of carbonyl (C=O) groups excluding carboxylic acids is 1. The van der Waals surface area contributed by atoms with Crippen LogP contribution >= 0.6 is 0 Å². The number of epoxide rings is 1. The van der Waals surface area contributed by atoms with Crippen LogP contribution in [0.25, 0.3) is 0 Å². The third-order valence-electron chi connectivity index (χ3n) is 5.22. The summed E-state index contributed by atoms with van der Waals surface area (Å²) >= 11 is 0. The molecule has 0 N–H and O–H groups in total. The number of fused-ring (bicyclic) bond motifs is 1. The molecule has 1 aliphatic carbocycles. The zero-order valence-electron chi connectivity index (χ0n) is 14.6. The predicted octanol–water partition coefficient (Wildman–Crippen LogP) is 3.15. The van der Waals surface area contributed by atoms with E-state index in [0.29, 0.717) is 13.2 Å². The SMILES string of the molecule is COC1=C(C(C)(C)C)C2(CO2)C(=O)C2(C(C)(C)C)N=NCC12. The first kappa shape index (κ1) is 15.7. The van der Waals surface area contributed by atoms with Gasteiger partial charge in [0.25, 0.3) is 0 Å². The quantitative estimate of drug-likeness (QED) is 0.699. The van der Waals surface area contributed by atoms with Gasteiger partial charge in [-0.2, -0.15) is 10.2 Å². The summed E-state index contributed by atoms with van der Waals surface area (Å²) in [6, 6.07) is 0. The van der Waals surface area contributed by atoms with Crippen LogP contribution < -0.4 is 0 Å². The van der Waals surface area contributed by atoms with E-state index in [9.17, 15) is 4.79 Å². The first-order chi connectivity index (χ1) is 10.0. The van der Waals surface area contributed by atoms with Crippen LogP contribution in [-0.2, 0) is 14.3 Å². The average molecular weight is 306 g/mol. The molecule has 122 valence electrons. The average Bonchev–Trinajstić information content (AvgIpc) is 3.00. The summed E-state index contributed by atoms with van der Waals surface area (Å²) in [5.41, 5.74) is -1.32. The maximum Gasteiger partial charge on any atom is 0.202 e. The van der Waals surface area contributed by atoms with E-state index in [1.807, 2.05) is 20.8 Å². The van der Waals surface area contributed by atoms with Crippen LogP contribution in [0.5, 0.6) is 0 Å². The third-order valence-corrected chi connectivity index (χ3v) is 5.22. The van der Waals surface area contributed by atoms with Gasteiger partial charge in [0.2, 0.25) is 5.78 Å². The van der Waals surface area contributed by atoms with Crippen molar-refractivity contribution >= 4 is 5.78 Å². The van der Waals surface area contributed by atoms with Crippen LogP contribution in [0.15, 0.2) is 21.6 Å². The molecule has 3 rings (SSSR count). The Balaban J connectivity index is 2.31. The summed E-state index contributed by atoms with van der Waals surface area (Å²) in [5.74, 6) is 0.781. The minimum absolute atomic E-state index is 0.0597. The molecule has 3 aliphatic rings. The highest BCUT2D eigenvalue weighted by Gasteiger charge is 2.74. The maximum atomic E-state index is 13.5. The van der Waals surface area contributed by atoms with E-state index in [1.165, 1.54) is 0 Å². The summed E-state index contributed by atoms with van der Waals surface area (Å²) in [6.45, 7) is 13.4. The highest BCUT2D eigenvalue weighted by Crippen LogP contribution is 2.61. The number of carbonyl (C=O) groups is 1. The zero-order chi connectivity index (χ0) is 16.6. The number of Topliss-reactive ketones (excluding diaryl/α,β-unsaturated/α-hetero) is 1. The van der Waals surface area contributed by atoms with Crippen LogP contribution in [0.2, 0.25) is 0 Å². The first-order valence-corrected chi connectivity index (χ1v) is 7.89. The molecule has 5 heteroatoms. The number of hydrogen-bond donors (Lipinski definition) is 0. The van der Waals surface area contributed by atoms with E-state index in [1.54, 1.807) is 7.11 Å². The van der Waals surface area contributed by atoms with Crippen molar-refractivity contribution < 1.29 is 14.3 Å². The summed E-state index contributed by atoms with van der Waals surface area (Å²) in [7, 11) is 1.68. The molecular formula is C17H26N2O3. The summed E-state index contributed by atoms with van der Waals surface area (Å²) in [5, 5.41) is 8.73. The van der Waals surface area contributed by atoms with Crippen molar-refractivity contribution in [1.29, 1.82) is 0 Å². The van der Waals surface area contributed by atoms with Crippen molar-refractivity contribution in [1.82, 2.24) is 0 Å². The molecule has 2 heterocycles. The Hall–Kier alpha value is -1.23. The standard InChI is InChI=1S/C17H26N2O3/c1-14(2,3)12-11(21-7)10-8-18-19-17(10,15(4,5)6)13(20)16(12)9-22-16/h10H,8-9H2,1-7H3. The smallest absolute Gasteiger partial charge is 0.202 e. The Bertz CT molecular complexity index is 588. The molecule has 1 fully saturated rings. The van der Waals surface area contributed by atoms with Gasteiger partial charge in [0.15, 0.2) is 11.1 Å². The topological polar surface area (TPSA) is 63.5 Å². The Kier molecular flexibility index (Phi) is 2.98. The van der Waals surface area contributed by atoms with Crippen LogP contribution in [0, 0.1) is 16.7 Å². The van der Waals surface area contributed by atoms with E-state index < -0.39 is 11.1 Å². The molecule has 0 saturated carbocycles. The Morgan fingerprint density at radius 3 is 2.23 bits per heavy atom. The van der Waals surface area contributed by atoms with Gasteiger partial charge in [-0.15, -0.1) is 0 Å². The van der Waals surface area contributed by atoms with E-state index in [4.69, 9.17) is 9.47 Å². The van der Waals surface area contributed by atoms with Crippen LogP contribution in [0.4, 0.5) is 0 Å². The maximum absolute atomic E-state index is 13.5. The largest absolute Gasteiger partial charge is 0.501 e. The number of rotatable bonds is 1. The number of methoxy groups -OCH3 is 1. The normalized spacial score (nSPS) is 37.8. The highest BCUT2D eigenvalue weighted by atomic mass is 16.6. The Morgan fingerprint density at radius 2 is 1.82 bits per heavy atom. The Labute approximate surface area is 132 Å². The second-order valence-corrected chi connectivity index (χ2v) is 8.63. The monoisotopic (exact) mass is 306 g/mol. The Morgan fingerprint density at radius 1 is 1.23 bits per heavy atom. The number of ketones is 1. The van der Waals surface area contributed by atoms with Gasteiger partial charge in [0.1, 0.15) is 5.76 Å². The molecule has 3 unspecified atom stereocenters. The molecule has 0 radical (unpaired) electrons. The molecule has 1 spiro atoms. The van der Waals surface area contributed by atoms with Crippen molar-refractivity contribution in [2.75, 3.05) is 20.3 Å². The van der Waals surface area contributed by atoms with E-state index >= 15 is 0 Å². The summed E-state index contributed by atoms with van der Waals surface area (Å²) < 4.78 is 11.6. The molecular weight excluding hydrogens is 280 g/mol. The predicted molar refractivity (Wildman–Crippen MR) is 82.6 cm³/mol. The van der Waals surface area contributed by atoms with Gasteiger partial charge in [-0.05, 0) is 10.8 Å². The summed E-state index contributed by atoms with van der Waals surface area (Å²) in [4.78, 5) is 13.5. The van der Waals surface area contributed by atoms with Gasteiger partial charge in [-0.3, -0.25) is 4.79 Å². The van der Waals surface area contributed by atoms with Crippen LogP contribution in [-0.4, -0.2) is 37.2 Å². The highest BCUT2D eigenvalue weighted by molar-refractivity contribution is 6.04. The van der Waals surface area contributed by atoms with Crippen LogP contribution in [0.1, 0.15) is 41.5 Å². The first-order valence-electron chi connectivity index (χ1n) is 7.89. The minimum atomic E-state index is -0.885. The van der Waals surface area contributed by atoms with E-state index in [2.05, 4.69) is 31.0 Å². The molecule has 2 aliphatic heterocycles. The van der Waals surface area contributed by atoms with Crippen molar-refractivity contribution in [3.05, 3.63) is 11.3 Å². The van der Waals surface area contributed by atoms with E-state index in [0.717, 1.165) is 11.3 Å². The van der Waals surface area contributed by atoms with Gasteiger partial charge in [-0.25, -0.2) is 0 Å². The van der Waals surface area contributed by atoms with Gasteiger partial charge >= 0.3 is 0 Å². The molecule has 0 bridgehead atoms. The fourth-order valence-electron chi connectivity index (χ4n) is 4.29. The third kappa shape index (κ3) is 1.66. The van der Waals surface area contributed by atoms with Gasteiger partial charge < -0.3 is 9.47 Å². The fraction of sp³-hybridized carbons (Fsp3) is 0.824.